The second kappa shape index (κ2) is 5.27. The van der Waals surface area contributed by atoms with E-state index in [2.05, 4.69) is 12.2 Å². The molecule has 14 heavy (non-hydrogen) atoms. The van der Waals surface area contributed by atoms with E-state index in [1.165, 1.54) is 0 Å². The Morgan fingerprint density at radius 2 is 2.14 bits per heavy atom. The molecule has 1 N–H and O–H groups in total. The fourth-order valence-electron chi connectivity index (χ4n) is 1.15. The summed E-state index contributed by atoms with van der Waals surface area (Å²) in [7, 11) is 1.59. The molecule has 1 amide bonds. The highest BCUT2D eigenvalue weighted by molar-refractivity contribution is 5.77. The molecule has 0 bridgehead atoms. The first-order valence-electron chi connectivity index (χ1n) is 4.69. The summed E-state index contributed by atoms with van der Waals surface area (Å²) >= 11 is 0. The second-order valence-corrected chi connectivity index (χ2v) is 2.92. The third kappa shape index (κ3) is 2.76. The molecule has 76 valence electrons. The van der Waals surface area contributed by atoms with Crippen LogP contribution in [-0.2, 0) is 11.2 Å². The van der Waals surface area contributed by atoms with Crippen LogP contribution in [0.1, 0.15) is 12.5 Å². The largest absolute Gasteiger partial charge is 0.483 e. The van der Waals surface area contributed by atoms with Crippen LogP contribution >= 0.6 is 0 Å². The number of rotatable bonds is 4. The number of aryl methyl sites for hydroxylation is 1. The lowest BCUT2D eigenvalue weighted by molar-refractivity contribution is -0.122. The maximum atomic E-state index is 10.9. The molecule has 1 aromatic carbocycles. The molecule has 0 aromatic heterocycles. The van der Waals surface area contributed by atoms with Crippen LogP contribution in [0, 0.1) is 0 Å². The lowest BCUT2D eigenvalue weighted by atomic mass is 10.1. The number of hydrogen-bond acceptors (Lipinski definition) is 2. The van der Waals surface area contributed by atoms with Gasteiger partial charge in [0.1, 0.15) is 5.75 Å². The molecule has 1 rings (SSSR count). The second-order valence-electron chi connectivity index (χ2n) is 2.92. The Hall–Kier alpha value is -1.51. The molecule has 0 saturated heterocycles. The molecule has 3 nitrogen and oxygen atoms in total. The Labute approximate surface area is 84.1 Å². The quantitative estimate of drug-likeness (QED) is 0.784. The van der Waals surface area contributed by atoms with Gasteiger partial charge in [-0.25, -0.2) is 0 Å². The zero-order chi connectivity index (χ0) is 10.4. The van der Waals surface area contributed by atoms with E-state index >= 15 is 0 Å². The topological polar surface area (TPSA) is 38.3 Å². The maximum Gasteiger partial charge on any atom is 0.257 e. The average Bonchev–Trinajstić information content (AvgIpc) is 2.26. The van der Waals surface area contributed by atoms with Crippen LogP contribution < -0.4 is 10.1 Å². The van der Waals surface area contributed by atoms with Crippen molar-refractivity contribution in [1.29, 1.82) is 0 Å². The fourth-order valence-corrected chi connectivity index (χ4v) is 1.15. The standard InChI is InChI=1S/C11H15NO2/c1-3-9-6-4-5-7-10(9)14-8-11(13)12-2/h4-7H,3,8H2,1-2H3,(H,12,13). The first kappa shape index (κ1) is 10.6. The smallest absolute Gasteiger partial charge is 0.257 e. The monoisotopic (exact) mass is 193 g/mol. The Balaban J connectivity index is 2.61. The van der Waals surface area contributed by atoms with E-state index in [1.807, 2.05) is 24.3 Å². The van der Waals surface area contributed by atoms with Crippen molar-refractivity contribution in [2.75, 3.05) is 13.7 Å². The number of likely N-dealkylation sites (N-methyl/N-ethyl adjacent to an activating group) is 1. The number of carbonyl (C=O) groups is 1. The minimum absolute atomic E-state index is 0.0769. The highest BCUT2D eigenvalue weighted by Crippen LogP contribution is 2.17. The van der Waals surface area contributed by atoms with Gasteiger partial charge in [-0.2, -0.15) is 0 Å². The minimum Gasteiger partial charge on any atom is -0.483 e. The minimum atomic E-state index is -0.115. The Kier molecular flexibility index (Phi) is 3.98. The lowest BCUT2D eigenvalue weighted by Gasteiger charge is -2.08. The van der Waals surface area contributed by atoms with Gasteiger partial charge in [0.2, 0.25) is 0 Å². The van der Waals surface area contributed by atoms with Gasteiger partial charge in [0, 0.05) is 7.05 Å². The summed E-state index contributed by atoms with van der Waals surface area (Å²) in [6, 6.07) is 7.74. The van der Waals surface area contributed by atoms with Gasteiger partial charge >= 0.3 is 0 Å². The SMILES string of the molecule is CCc1ccccc1OCC(=O)NC. The molecule has 0 aliphatic rings. The van der Waals surface area contributed by atoms with Crippen molar-refractivity contribution >= 4 is 5.91 Å². The summed E-state index contributed by atoms with van der Waals surface area (Å²) in [6.45, 7) is 2.13. The molecule has 0 atom stereocenters. The Bertz CT molecular complexity index is 310. The van der Waals surface area contributed by atoms with Gasteiger partial charge in [0.15, 0.2) is 6.61 Å². The summed E-state index contributed by atoms with van der Waals surface area (Å²) in [5.41, 5.74) is 1.12. The van der Waals surface area contributed by atoms with Crippen molar-refractivity contribution in [2.45, 2.75) is 13.3 Å². The van der Waals surface area contributed by atoms with Gasteiger partial charge in [-0.3, -0.25) is 4.79 Å². The average molecular weight is 193 g/mol. The van der Waals surface area contributed by atoms with E-state index in [0.717, 1.165) is 17.7 Å². The summed E-state index contributed by atoms with van der Waals surface area (Å²) in [5.74, 6) is 0.675. The van der Waals surface area contributed by atoms with Crippen LogP contribution in [0.25, 0.3) is 0 Å². The molecule has 0 fully saturated rings. The third-order valence-corrected chi connectivity index (χ3v) is 1.99. The molecular formula is C11H15NO2. The summed E-state index contributed by atoms with van der Waals surface area (Å²) < 4.78 is 5.37. The molecule has 0 radical (unpaired) electrons. The molecule has 0 spiro atoms. The molecule has 0 heterocycles. The molecule has 3 heteroatoms. The number of hydrogen-bond donors (Lipinski definition) is 1. The molecule has 0 aliphatic carbocycles. The first-order chi connectivity index (χ1) is 6.77. The maximum absolute atomic E-state index is 10.9. The van der Waals surface area contributed by atoms with Gasteiger partial charge in [0.05, 0.1) is 0 Å². The number of ether oxygens (including phenoxy) is 1. The van der Waals surface area contributed by atoms with Crippen molar-refractivity contribution in [2.24, 2.45) is 0 Å². The Morgan fingerprint density at radius 1 is 1.43 bits per heavy atom. The van der Waals surface area contributed by atoms with Crippen LogP contribution in [0.4, 0.5) is 0 Å². The fraction of sp³-hybridized carbons (Fsp3) is 0.364. The van der Waals surface area contributed by atoms with Crippen molar-refractivity contribution in [3.8, 4) is 5.75 Å². The van der Waals surface area contributed by atoms with E-state index in [9.17, 15) is 4.79 Å². The zero-order valence-corrected chi connectivity index (χ0v) is 8.54. The van der Waals surface area contributed by atoms with Crippen molar-refractivity contribution in [3.63, 3.8) is 0 Å². The van der Waals surface area contributed by atoms with Crippen LogP contribution in [0.15, 0.2) is 24.3 Å². The molecular weight excluding hydrogens is 178 g/mol. The van der Waals surface area contributed by atoms with Crippen LogP contribution in [-0.4, -0.2) is 19.6 Å². The van der Waals surface area contributed by atoms with Crippen molar-refractivity contribution < 1.29 is 9.53 Å². The van der Waals surface area contributed by atoms with Crippen LogP contribution in [0.3, 0.4) is 0 Å². The van der Waals surface area contributed by atoms with E-state index in [0.29, 0.717) is 0 Å². The molecule has 0 aliphatic heterocycles. The summed E-state index contributed by atoms with van der Waals surface area (Å²) in [5, 5.41) is 2.51. The number of carbonyl (C=O) groups excluding carboxylic acids is 1. The van der Waals surface area contributed by atoms with E-state index in [4.69, 9.17) is 4.74 Å². The van der Waals surface area contributed by atoms with Gasteiger partial charge < -0.3 is 10.1 Å². The van der Waals surface area contributed by atoms with E-state index < -0.39 is 0 Å². The summed E-state index contributed by atoms with van der Waals surface area (Å²) in [4.78, 5) is 10.9. The third-order valence-electron chi connectivity index (χ3n) is 1.99. The van der Waals surface area contributed by atoms with E-state index in [-0.39, 0.29) is 12.5 Å². The Morgan fingerprint density at radius 3 is 2.79 bits per heavy atom. The van der Waals surface area contributed by atoms with Gasteiger partial charge in [-0.1, -0.05) is 25.1 Å². The van der Waals surface area contributed by atoms with Crippen LogP contribution in [0.5, 0.6) is 5.75 Å². The predicted octanol–water partition coefficient (Wildman–Crippen LogP) is 1.37. The van der Waals surface area contributed by atoms with Crippen molar-refractivity contribution in [3.05, 3.63) is 29.8 Å². The number of para-hydroxylation sites is 1. The van der Waals surface area contributed by atoms with Gasteiger partial charge in [0.25, 0.3) is 5.91 Å². The highest BCUT2D eigenvalue weighted by Gasteiger charge is 2.02. The summed E-state index contributed by atoms with van der Waals surface area (Å²) in [6.07, 6.45) is 0.907. The first-order valence-corrected chi connectivity index (χ1v) is 4.69. The number of benzene rings is 1. The zero-order valence-electron chi connectivity index (χ0n) is 8.54. The van der Waals surface area contributed by atoms with Gasteiger partial charge in [-0.05, 0) is 18.1 Å². The number of amides is 1. The predicted molar refractivity (Wildman–Crippen MR) is 55.4 cm³/mol. The number of nitrogens with one attached hydrogen (secondary N) is 1. The van der Waals surface area contributed by atoms with Crippen LogP contribution in [0.2, 0.25) is 0 Å². The van der Waals surface area contributed by atoms with Crippen molar-refractivity contribution in [1.82, 2.24) is 5.32 Å². The normalized spacial score (nSPS) is 9.57. The highest BCUT2D eigenvalue weighted by atomic mass is 16.5. The molecule has 1 aromatic rings. The molecule has 0 saturated carbocycles. The van der Waals surface area contributed by atoms with E-state index in [1.54, 1.807) is 7.05 Å². The van der Waals surface area contributed by atoms with Gasteiger partial charge in [-0.15, -0.1) is 0 Å². The molecule has 0 unspecified atom stereocenters. The lowest BCUT2D eigenvalue weighted by Crippen LogP contribution is -2.25.